The molecule has 2 heterocycles. The monoisotopic (exact) mass is 192 g/mol. The minimum absolute atomic E-state index is 0.926. The van der Waals surface area contributed by atoms with Gasteiger partial charge >= 0.3 is 0 Å². The third-order valence-electron chi connectivity index (χ3n) is 2.67. The van der Waals surface area contributed by atoms with E-state index < -0.39 is 0 Å². The van der Waals surface area contributed by atoms with Crippen molar-refractivity contribution in [1.29, 1.82) is 0 Å². The molecule has 4 heteroatoms. The molecule has 0 fully saturated rings. The van der Waals surface area contributed by atoms with E-state index in [0.29, 0.717) is 0 Å². The molecule has 14 heavy (non-hydrogen) atoms. The first kappa shape index (κ1) is 9.40. The number of aromatic nitrogens is 2. The average Bonchev–Trinajstić information content (AvgIpc) is 2.27. The molecular formula is C10H16N4. The summed E-state index contributed by atoms with van der Waals surface area (Å²) in [6.45, 7) is 5.01. The molecule has 0 bridgehead atoms. The maximum Gasteiger partial charge on any atom is 0.151 e. The Labute approximate surface area is 84.3 Å². The molecule has 0 saturated carbocycles. The standard InChI is InChI=1S/C10H16N4/c1-3-14(2)10-6-8-7-11-5-4-9(8)12-13-10/h6,11H,3-5,7H2,1-2H3. The van der Waals surface area contributed by atoms with Crippen molar-refractivity contribution in [3.63, 3.8) is 0 Å². The van der Waals surface area contributed by atoms with Crippen molar-refractivity contribution >= 4 is 5.82 Å². The van der Waals surface area contributed by atoms with Gasteiger partial charge in [0.15, 0.2) is 5.82 Å². The van der Waals surface area contributed by atoms with Gasteiger partial charge in [-0.25, -0.2) is 0 Å². The molecule has 1 aliphatic rings. The highest BCUT2D eigenvalue weighted by Gasteiger charge is 2.12. The number of fused-ring (bicyclic) bond motifs is 1. The lowest BCUT2D eigenvalue weighted by Crippen LogP contribution is -2.26. The molecule has 1 aromatic heterocycles. The summed E-state index contributed by atoms with van der Waals surface area (Å²) >= 11 is 0. The number of hydrogen-bond donors (Lipinski definition) is 1. The average molecular weight is 192 g/mol. The van der Waals surface area contributed by atoms with Crippen LogP contribution in [0.25, 0.3) is 0 Å². The normalized spacial score (nSPS) is 15.0. The van der Waals surface area contributed by atoms with E-state index in [0.717, 1.165) is 37.6 Å². The van der Waals surface area contributed by atoms with Gasteiger partial charge in [0.25, 0.3) is 0 Å². The first-order chi connectivity index (χ1) is 6.81. The van der Waals surface area contributed by atoms with Crippen molar-refractivity contribution in [2.75, 3.05) is 25.0 Å². The van der Waals surface area contributed by atoms with Gasteiger partial charge in [-0.2, -0.15) is 5.10 Å². The molecule has 4 nitrogen and oxygen atoms in total. The van der Waals surface area contributed by atoms with Crippen LogP contribution in [0, 0.1) is 0 Å². The van der Waals surface area contributed by atoms with E-state index in [-0.39, 0.29) is 0 Å². The molecule has 0 unspecified atom stereocenters. The first-order valence-corrected chi connectivity index (χ1v) is 5.08. The van der Waals surface area contributed by atoms with E-state index in [9.17, 15) is 0 Å². The van der Waals surface area contributed by atoms with E-state index in [1.165, 1.54) is 5.56 Å². The fourth-order valence-corrected chi connectivity index (χ4v) is 1.59. The van der Waals surface area contributed by atoms with Gasteiger partial charge < -0.3 is 10.2 Å². The summed E-state index contributed by atoms with van der Waals surface area (Å²) in [6.07, 6.45) is 0.998. The van der Waals surface area contributed by atoms with Crippen molar-refractivity contribution < 1.29 is 0 Å². The highest BCUT2D eigenvalue weighted by Crippen LogP contribution is 2.15. The van der Waals surface area contributed by atoms with E-state index in [4.69, 9.17) is 0 Å². The lowest BCUT2D eigenvalue weighted by molar-refractivity contribution is 0.619. The molecule has 0 amide bonds. The largest absolute Gasteiger partial charge is 0.358 e. The molecule has 76 valence electrons. The van der Waals surface area contributed by atoms with Gasteiger partial charge in [-0.1, -0.05) is 0 Å². The topological polar surface area (TPSA) is 41.1 Å². The summed E-state index contributed by atoms with van der Waals surface area (Å²) in [5, 5.41) is 11.8. The van der Waals surface area contributed by atoms with Gasteiger partial charge in [-0.3, -0.25) is 0 Å². The van der Waals surface area contributed by atoms with Gasteiger partial charge in [-0.05, 0) is 18.6 Å². The van der Waals surface area contributed by atoms with Crippen LogP contribution in [-0.2, 0) is 13.0 Å². The van der Waals surface area contributed by atoms with Crippen LogP contribution in [0.3, 0.4) is 0 Å². The molecule has 0 spiro atoms. The van der Waals surface area contributed by atoms with Crippen molar-refractivity contribution in [3.8, 4) is 0 Å². The molecule has 1 N–H and O–H groups in total. The molecule has 0 radical (unpaired) electrons. The van der Waals surface area contributed by atoms with Crippen molar-refractivity contribution in [1.82, 2.24) is 15.5 Å². The smallest absolute Gasteiger partial charge is 0.151 e. The summed E-state index contributed by atoms with van der Waals surface area (Å²) in [5.41, 5.74) is 2.44. The number of nitrogens with zero attached hydrogens (tertiary/aromatic N) is 3. The van der Waals surface area contributed by atoms with Crippen LogP contribution in [-0.4, -0.2) is 30.3 Å². The Morgan fingerprint density at radius 2 is 2.36 bits per heavy atom. The minimum Gasteiger partial charge on any atom is -0.358 e. The summed E-state index contributed by atoms with van der Waals surface area (Å²) in [6, 6.07) is 2.14. The van der Waals surface area contributed by atoms with Crippen LogP contribution in [0.15, 0.2) is 6.07 Å². The van der Waals surface area contributed by atoms with E-state index in [1.54, 1.807) is 0 Å². The second-order valence-electron chi connectivity index (χ2n) is 3.62. The molecule has 0 aromatic carbocycles. The van der Waals surface area contributed by atoms with Gasteiger partial charge in [-0.15, -0.1) is 5.10 Å². The maximum absolute atomic E-state index is 4.26. The van der Waals surface area contributed by atoms with Gasteiger partial charge in [0.1, 0.15) is 0 Å². The second kappa shape index (κ2) is 3.92. The summed E-state index contributed by atoms with van der Waals surface area (Å²) in [5.74, 6) is 0.968. The fraction of sp³-hybridized carbons (Fsp3) is 0.600. The lowest BCUT2D eigenvalue weighted by atomic mass is 10.1. The van der Waals surface area contributed by atoms with Crippen LogP contribution in [0.5, 0.6) is 0 Å². The Hall–Kier alpha value is -1.16. The number of hydrogen-bond acceptors (Lipinski definition) is 4. The third-order valence-corrected chi connectivity index (χ3v) is 2.67. The predicted octanol–water partition coefficient (Wildman–Crippen LogP) is 0.578. The zero-order valence-corrected chi connectivity index (χ0v) is 8.75. The van der Waals surface area contributed by atoms with Crippen molar-refractivity contribution in [2.24, 2.45) is 0 Å². The third kappa shape index (κ3) is 1.70. The summed E-state index contributed by atoms with van der Waals surface area (Å²) < 4.78 is 0. The van der Waals surface area contributed by atoms with E-state index >= 15 is 0 Å². The zero-order valence-electron chi connectivity index (χ0n) is 8.75. The quantitative estimate of drug-likeness (QED) is 0.744. The van der Waals surface area contributed by atoms with Gasteiger partial charge in [0.05, 0.1) is 5.69 Å². The zero-order chi connectivity index (χ0) is 9.97. The second-order valence-corrected chi connectivity index (χ2v) is 3.62. The Morgan fingerprint density at radius 3 is 3.14 bits per heavy atom. The molecule has 0 saturated heterocycles. The molecule has 0 atom stereocenters. The SMILES string of the molecule is CCN(C)c1cc2c(nn1)CCNC2. The van der Waals surface area contributed by atoms with E-state index in [2.05, 4.69) is 33.4 Å². The first-order valence-electron chi connectivity index (χ1n) is 5.08. The van der Waals surface area contributed by atoms with Crippen molar-refractivity contribution in [2.45, 2.75) is 19.9 Å². The highest BCUT2D eigenvalue weighted by atomic mass is 15.2. The van der Waals surface area contributed by atoms with Crippen LogP contribution >= 0.6 is 0 Å². The molecular weight excluding hydrogens is 176 g/mol. The Bertz CT molecular complexity index is 324. The summed E-state index contributed by atoms with van der Waals surface area (Å²) in [7, 11) is 2.03. The van der Waals surface area contributed by atoms with Crippen LogP contribution < -0.4 is 10.2 Å². The minimum atomic E-state index is 0.926. The van der Waals surface area contributed by atoms with Gasteiger partial charge in [0, 0.05) is 33.1 Å². The molecule has 1 aliphatic heterocycles. The maximum atomic E-state index is 4.26. The highest BCUT2D eigenvalue weighted by molar-refractivity contribution is 5.40. The Kier molecular flexibility index (Phi) is 2.63. The van der Waals surface area contributed by atoms with Crippen LogP contribution in [0.2, 0.25) is 0 Å². The number of anilines is 1. The van der Waals surface area contributed by atoms with Crippen molar-refractivity contribution in [3.05, 3.63) is 17.3 Å². The molecule has 0 aliphatic carbocycles. The Balaban J connectivity index is 2.29. The van der Waals surface area contributed by atoms with Gasteiger partial charge in [0.2, 0.25) is 0 Å². The predicted molar refractivity (Wildman–Crippen MR) is 56.4 cm³/mol. The van der Waals surface area contributed by atoms with Crippen LogP contribution in [0.1, 0.15) is 18.2 Å². The molecule has 2 rings (SSSR count). The van der Waals surface area contributed by atoms with Crippen LogP contribution in [0.4, 0.5) is 5.82 Å². The van der Waals surface area contributed by atoms with E-state index in [1.807, 2.05) is 7.05 Å². The Morgan fingerprint density at radius 1 is 1.50 bits per heavy atom. The fourth-order valence-electron chi connectivity index (χ4n) is 1.59. The lowest BCUT2D eigenvalue weighted by Gasteiger charge is -2.19. The number of nitrogens with one attached hydrogen (secondary N) is 1. The number of rotatable bonds is 2. The molecule has 1 aromatic rings. The summed E-state index contributed by atoms with van der Waals surface area (Å²) in [4.78, 5) is 2.10.